The highest BCUT2D eigenvalue weighted by molar-refractivity contribution is 6.32. The van der Waals surface area contributed by atoms with Gasteiger partial charge in [0.25, 0.3) is 0 Å². The van der Waals surface area contributed by atoms with Crippen LogP contribution in [0.2, 0.25) is 0 Å². The molecule has 3 aliphatic carbocycles. The summed E-state index contributed by atoms with van der Waals surface area (Å²) in [5.74, 6) is -10.2. The second-order valence-electron chi connectivity index (χ2n) is 13.3. The number of ketones is 5. The molecule has 0 saturated heterocycles. The molecular formula is C34H38O7. The maximum atomic E-state index is 14.7. The molecule has 0 heterocycles. The lowest BCUT2D eigenvalue weighted by Crippen LogP contribution is -2.80. The van der Waals surface area contributed by atoms with E-state index in [1.807, 2.05) is 45.0 Å². The van der Waals surface area contributed by atoms with Gasteiger partial charge in [0.1, 0.15) is 17.5 Å². The molecule has 5 rings (SSSR count). The van der Waals surface area contributed by atoms with E-state index in [1.165, 1.54) is 6.07 Å². The van der Waals surface area contributed by atoms with Crippen molar-refractivity contribution in [3.05, 3.63) is 64.7 Å². The largest absolute Gasteiger partial charge is 0.507 e. The number of aromatic hydroxyl groups is 1. The maximum Gasteiger partial charge on any atom is 0.190 e. The summed E-state index contributed by atoms with van der Waals surface area (Å²) < 4.78 is 0. The van der Waals surface area contributed by atoms with Crippen LogP contribution in [-0.4, -0.2) is 44.7 Å². The Kier molecular flexibility index (Phi) is 6.58. The van der Waals surface area contributed by atoms with Crippen molar-refractivity contribution < 1.29 is 34.2 Å². The van der Waals surface area contributed by atoms with Crippen molar-refractivity contribution in [2.45, 2.75) is 66.4 Å². The number of carbonyl (C=O) groups is 5. The zero-order chi connectivity index (χ0) is 30.4. The molecule has 2 N–H and O–H groups in total. The predicted molar refractivity (Wildman–Crippen MR) is 151 cm³/mol. The third-order valence-electron chi connectivity index (χ3n) is 11.1. The van der Waals surface area contributed by atoms with Crippen molar-refractivity contribution in [3.63, 3.8) is 0 Å². The molecule has 0 aromatic heterocycles. The molecule has 7 heteroatoms. The van der Waals surface area contributed by atoms with Gasteiger partial charge < -0.3 is 10.2 Å². The summed E-state index contributed by atoms with van der Waals surface area (Å²) >= 11 is 0. The molecular weight excluding hydrogens is 520 g/mol. The summed E-state index contributed by atoms with van der Waals surface area (Å²) in [7, 11) is 0. The minimum atomic E-state index is -2.73. The van der Waals surface area contributed by atoms with Crippen LogP contribution >= 0.6 is 0 Å². The topological polar surface area (TPSA) is 126 Å². The van der Waals surface area contributed by atoms with Crippen LogP contribution in [0.5, 0.6) is 5.75 Å². The third-order valence-corrected chi connectivity index (χ3v) is 11.1. The number of hydrogen-bond acceptors (Lipinski definition) is 7. The summed E-state index contributed by atoms with van der Waals surface area (Å²) in [5, 5.41) is 23.3. The van der Waals surface area contributed by atoms with E-state index in [0.29, 0.717) is 12.0 Å². The molecule has 0 radical (unpaired) electrons. The standard InChI is InChI=1S/C34H38O7/c1-16(2)26-28(37)24(18(4)35)30(39)34(41)31(40)27-29(38)25-21(9-8-10-23(25)36)22(15-20-13-11-17(3)12-14-20)32(27,6)19(5)33(26,34)7/h8-14,16,19,22,24,26-27,36,41H,15H2,1-7H3/t19-,22-,24?,26?,27?,32+,33-,34+/m1/s1. The van der Waals surface area contributed by atoms with E-state index in [2.05, 4.69) is 0 Å². The van der Waals surface area contributed by atoms with E-state index in [4.69, 9.17) is 0 Å². The summed E-state index contributed by atoms with van der Waals surface area (Å²) in [4.78, 5) is 69.5. The number of hydrogen-bond donors (Lipinski definition) is 2. The quantitative estimate of drug-likeness (QED) is 0.532. The van der Waals surface area contributed by atoms with Crippen molar-refractivity contribution in [2.75, 3.05) is 0 Å². The number of phenolic OH excluding ortho intramolecular Hbond substituents is 1. The van der Waals surface area contributed by atoms with Gasteiger partial charge in [-0.3, -0.25) is 24.0 Å². The van der Waals surface area contributed by atoms with Gasteiger partial charge in [0.2, 0.25) is 0 Å². The molecule has 0 bridgehead atoms. The van der Waals surface area contributed by atoms with Crippen LogP contribution in [0.1, 0.15) is 74.5 Å². The van der Waals surface area contributed by atoms with E-state index in [1.54, 1.807) is 32.9 Å². The van der Waals surface area contributed by atoms with Gasteiger partial charge in [0.05, 0.1) is 11.5 Å². The van der Waals surface area contributed by atoms with E-state index in [0.717, 1.165) is 18.1 Å². The van der Waals surface area contributed by atoms with Crippen molar-refractivity contribution in [1.82, 2.24) is 0 Å². The van der Waals surface area contributed by atoms with Crippen LogP contribution in [0.3, 0.4) is 0 Å². The van der Waals surface area contributed by atoms with Gasteiger partial charge in [-0.15, -0.1) is 0 Å². The number of rotatable bonds is 4. The minimum Gasteiger partial charge on any atom is -0.507 e. The Morgan fingerprint density at radius 3 is 2.15 bits per heavy atom. The molecule has 3 unspecified atom stereocenters. The lowest BCUT2D eigenvalue weighted by atomic mass is 9.34. The Labute approximate surface area is 240 Å². The van der Waals surface area contributed by atoms with Crippen molar-refractivity contribution >= 4 is 28.9 Å². The summed E-state index contributed by atoms with van der Waals surface area (Å²) in [5.41, 5.74) is -2.82. The van der Waals surface area contributed by atoms with Gasteiger partial charge in [0.15, 0.2) is 28.7 Å². The van der Waals surface area contributed by atoms with Gasteiger partial charge >= 0.3 is 0 Å². The molecule has 3 aliphatic rings. The van der Waals surface area contributed by atoms with Crippen LogP contribution in [0.4, 0.5) is 0 Å². The number of carbonyl (C=O) groups excluding carboxylic acids is 5. The van der Waals surface area contributed by atoms with Crippen molar-refractivity contribution in [2.24, 2.45) is 40.4 Å². The molecule has 8 atom stereocenters. The van der Waals surface area contributed by atoms with E-state index in [-0.39, 0.29) is 11.3 Å². The lowest BCUT2D eigenvalue weighted by molar-refractivity contribution is -0.222. The first-order valence-electron chi connectivity index (χ1n) is 14.3. The number of Topliss-reactive ketones (excluding diaryl/α,β-unsaturated/α-hetero) is 5. The van der Waals surface area contributed by atoms with Crippen LogP contribution in [0.15, 0.2) is 42.5 Å². The van der Waals surface area contributed by atoms with Gasteiger partial charge in [-0.05, 0) is 60.6 Å². The number of benzene rings is 2. The number of fused-ring (bicyclic) bond motifs is 3. The molecule has 0 aliphatic heterocycles. The van der Waals surface area contributed by atoms with E-state index >= 15 is 0 Å². The summed E-state index contributed by atoms with van der Waals surface area (Å²) in [6.07, 6.45) is 0.424. The minimum absolute atomic E-state index is 0.0164. The highest BCUT2D eigenvalue weighted by Gasteiger charge is 2.79. The van der Waals surface area contributed by atoms with Gasteiger partial charge in [0, 0.05) is 11.3 Å². The average Bonchev–Trinajstić information content (AvgIpc) is 2.89. The fourth-order valence-electron chi connectivity index (χ4n) is 8.86. The smallest absolute Gasteiger partial charge is 0.190 e. The van der Waals surface area contributed by atoms with Crippen LogP contribution in [0, 0.1) is 47.3 Å². The van der Waals surface area contributed by atoms with E-state index < -0.39 is 80.9 Å². The monoisotopic (exact) mass is 558 g/mol. The van der Waals surface area contributed by atoms with Gasteiger partial charge in [-0.25, -0.2) is 0 Å². The molecule has 0 amide bonds. The Balaban J connectivity index is 1.83. The Hall–Kier alpha value is -3.45. The third kappa shape index (κ3) is 3.51. The fourth-order valence-corrected chi connectivity index (χ4v) is 8.86. The Morgan fingerprint density at radius 1 is 0.976 bits per heavy atom. The molecule has 2 saturated carbocycles. The molecule has 7 nitrogen and oxygen atoms in total. The second kappa shape index (κ2) is 9.28. The zero-order valence-corrected chi connectivity index (χ0v) is 24.6. The average molecular weight is 559 g/mol. The molecule has 2 fully saturated rings. The molecule has 2 aromatic rings. The van der Waals surface area contributed by atoms with Crippen LogP contribution in [0.25, 0.3) is 0 Å². The Bertz CT molecular complexity index is 1500. The normalized spacial score (nSPS) is 36.6. The van der Waals surface area contributed by atoms with Crippen molar-refractivity contribution in [1.29, 1.82) is 0 Å². The molecule has 41 heavy (non-hydrogen) atoms. The molecule has 0 spiro atoms. The summed E-state index contributed by atoms with van der Waals surface area (Å²) in [6, 6.07) is 12.8. The van der Waals surface area contributed by atoms with Crippen molar-refractivity contribution in [3.8, 4) is 5.75 Å². The zero-order valence-electron chi connectivity index (χ0n) is 24.6. The number of phenols is 1. The van der Waals surface area contributed by atoms with Gasteiger partial charge in [-0.2, -0.15) is 0 Å². The number of aryl methyl sites for hydroxylation is 1. The highest BCUT2D eigenvalue weighted by Crippen LogP contribution is 2.69. The first kappa shape index (κ1) is 29.1. The Morgan fingerprint density at radius 2 is 1.59 bits per heavy atom. The number of aliphatic hydroxyl groups is 1. The molecule has 2 aromatic carbocycles. The first-order chi connectivity index (χ1) is 19.1. The predicted octanol–water partition coefficient (Wildman–Crippen LogP) is 4.43. The second-order valence-corrected chi connectivity index (χ2v) is 13.3. The maximum absolute atomic E-state index is 14.7. The molecule has 216 valence electrons. The summed E-state index contributed by atoms with van der Waals surface area (Å²) in [6.45, 7) is 11.9. The first-order valence-corrected chi connectivity index (χ1v) is 14.3. The SMILES string of the molecule is CC(=O)C1C(=O)C(C(C)C)[C@@]2(C)[C@H](C)[C@]3(C)C(C(=O)c4c(O)cccc4[C@H]3Cc3ccc(C)cc3)C(=O)[C@@]2(O)C1=O. The highest BCUT2D eigenvalue weighted by atomic mass is 16.3. The van der Waals surface area contributed by atoms with Crippen LogP contribution < -0.4 is 0 Å². The van der Waals surface area contributed by atoms with Gasteiger partial charge in [-0.1, -0.05) is 76.6 Å². The van der Waals surface area contributed by atoms with Crippen LogP contribution in [-0.2, 0) is 25.6 Å². The lowest BCUT2D eigenvalue weighted by Gasteiger charge is -2.67. The van der Waals surface area contributed by atoms with E-state index in [9.17, 15) is 34.2 Å². The fraction of sp³-hybridized carbons (Fsp3) is 0.500.